The molecule has 1 atom stereocenters. The molecule has 19 heavy (non-hydrogen) atoms. The van der Waals surface area contributed by atoms with E-state index >= 15 is 0 Å². The van der Waals surface area contributed by atoms with Gasteiger partial charge < -0.3 is 9.88 Å². The topological polar surface area (TPSA) is 46.9 Å². The lowest BCUT2D eigenvalue weighted by atomic mass is 9.97. The van der Waals surface area contributed by atoms with E-state index in [0.717, 1.165) is 29.0 Å². The predicted octanol–water partition coefficient (Wildman–Crippen LogP) is 2.85. The minimum atomic E-state index is 0.00822. The van der Waals surface area contributed by atoms with Gasteiger partial charge in [0.1, 0.15) is 5.82 Å². The first kappa shape index (κ1) is 12.4. The van der Waals surface area contributed by atoms with Gasteiger partial charge in [-0.1, -0.05) is 22.0 Å². The maximum atomic E-state index is 12.2. The largest absolute Gasteiger partial charge is 0.335 e. The number of hydrogen-bond donors (Lipinski definition) is 1. The van der Waals surface area contributed by atoms with Crippen molar-refractivity contribution in [2.75, 3.05) is 5.32 Å². The lowest BCUT2D eigenvalue weighted by molar-refractivity contribution is -0.120. The molecule has 1 aromatic carbocycles. The standard InChI is InChI=1S/C14H14BrN3O/c15-11-2-1-3-12(9-11)17-14(19)10-4-6-18-7-5-16-13(18)8-10/h1-3,5,7,9-10H,4,6,8H2,(H,17,19). The van der Waals surface area contributed by atoms with E-state index in [4.69, 9.17) is 0 Å². The molecule has 5 heteroatoms. The van der Waals surface area contributed by atoms with Crippen molar-refractivity contribution in [3.8, 4) is 0 Å². The molecular weight excluding hydrogens is 306 g/mol. The van der Waals surface area contributed by atoms with Crippen LogP contribution in [0.3, 0.4) is 0 Å². The average Bonchev–Trinajstić information content (AvgIpc) is 2.85. The number of nitrogens with zero attached hydrogens (tertiary/aromatic N) is 2. The van der Waals surface area contributed by atoms with Gasteiger partial charge in [-0.3, -0.25) is 4.79 Å². The van der Waals surface area contributed by atoms with Crippen LogP contribution in [0, 0.1) is 5.92 Å². The van der Waals surface area contributed by atoms with E-state index in [2.05, 4.69) is 30.8 Å². The van der Waals surface area contributed by atoms with Crippen LogP contribution < -0.4 is 5.32 Å². The summed E-state index contributed by atoms with van der Waals surface area (Å²) in [5.41, 5.74) is 0.827. The molecule has 1 N–H and O–H groups in total. The predicted molar refractivity (Wildman–Crippen MR) is 76.8 cm³/mol. The molecule has 0 bridgehead atoms. The van der Waals surface area contributed by atoms with E-state index in [1.54, 1.807) is 6.20 Å². The zero-order chi connectivity index (χ0) is 13.2. The van der Waals surface area contributed by atoms with Crippen LogP contribution in [0.4, 0.5) is 5.69 Å². The first-order chi connectivity index (χ1) is 9.22. The molecule has 1 amide bonds. The molecule has 3 rings (SSSR count). The molecule has 0 saturated heterocycles. The van der Waals surface area contributed by atoms with Crippen LogP contribution in [0.5, 0.6) is 0 Å². The number of nitrogens with one attached hydrogen (secondary N) is 1. The number of rotatable bonds is 2. The monoisotopic (exact) mass is 319 g/mol. The van der Waals surface area contributed by atoms with Crippen LogP contribution in [-0.2, 0) is 17.8 Å². The summed E-state index contributed by atoms with van der Waals surface area (Å²) in [4.78, 5) is 16.5. The zero-order valence-electron chi connectivity index (χ0n) is 10.3. The number of carbonyl (C=O) groups is 1. The van der Waals surface area contributed by atoms with Crippen molar-refractivity contribution in [1.82, 2.24) is 9.55 Å². The van der Waals surface area contributed by atoms with Crippen molar-refractivity contribution < 1.29 is 4.79 Å². The number of benzene rings is 1. The third-order valence-electron chi connectivity index (χ3n) is 3.41. The highest BCUT2D eigenvalue weighted by Gasteiger charge is 2.25. The highest BCUT2D eigenvalue weighted by atomic mass is 79.9. The first-order valence-corrected chi connectivity index (χ1v) is 7.08. The lowest BCUT2D eigenvalue weighted by Gasteiger charge is -2.22. The van der Waals surface area contributed by atoms with Gasteiger partial charge in [-0.25, -0.2) is 4.98 Å². The fraction of sp³-hybridized carbons (Fsp3) is 0.286. The van der Waals surface area contributed by atoms with Crippen LogP contribution in [0.15, 0.2) is 41.1 Å². The van der Waals surface area contributed by atoms with Gasteiger partial charge in [-0.05, 0) is 24.6 Å². The zero-order valence-corrected chi connectivity index (χ0v) is 11.9. The minimum Gasteiger partial charge on any atom is -0.335 e. The number of fused-ring (bicyclic) bond motifs is 1. The quantitative estimate of drug-likeness (QED) is 0.925. The Morgan fingerprint density at radius 1 is 1.47 bits per heavy atom. The number of carbonyl (C=O) groups excluding carboxylic acids is 1. The van der Waals surface area contributed by atoms with E-state index in [9.17, 15) is 4.79 Å². The Bertz CT molecular complexity index is 608. The Labute approximate surface area is 120 Å². The summed E-state index contributed by atoms with van der Waals surface area (Å²) in [7, 11) is 0. The third-order valence-corrected chi connectivity index (χ3v) is 3.91. The van der Waals surface area contributed by atoms with Crippen molar-refractivity contribution >= 4 is 27.5 Å². The fourth-order valence-electron chi connectivity index (χ4n) is 2.39. The third kappa shape index (κ3) is 2.71. The van der Waals surface area contributed by atoms with Crippen LogP contribution in [0.2, 0.25) is 0 Å². The van der Waals surface area contributed by atoms with E-state index < -0.39 is 0 Å². The van der Waals surface area contributed by atoms with E-state index in [1.807, 2.05) is 30.5 Å². The van der Waals surface area contributed by atoms with E-state index in [0.29, 0.717) is 6.42 Å². The van der Waals surface area contributed by atoms with Crippen LogP contribution in [-0.4, -0.2) is 15.5 Å². The Kier molecular flexibility index (Phi) is 3.38. The number of amides is 1. The Morgan fingerprint density at radius 2 is 2.37 bits per heavy atom. The van der Waals surface area contributed by atoms with Crippen molar-refractivity contribution in [2.24, 2.45) is 5.92 Å². The van der Waals surface area contributed by atoms with E-state index in [1.165, 1.54) is 0 Å². The second kappa shape index (κ2) is 5.17. The summed E-state index contributed by atoms with van der Waals surface area (Å²) in [6, 6.07) is 7.65. The summed E-state index contributed by atoms with van der Waals surface area (Å²) >= 11 is 3.40. The second-order valence-electron chi connectivity index (χ2n) is 4.73. The van der Waals surface area contributed by atoms with Crippen LogP contribution in [0.1, 0.15) is 12.2 Å². The molecule has 4 nitrogen and oxygen atoms in total. The molecule has 0 spiro atoms. The van der Waals surface area contributed by atoms with Crippen LogP contribution in [0.25, 0.3) is 0 Å². The number of hydrogen-bond acceptors (Lipinski definition) is 2. The number of aryl methyl sites for hydroxylation is 1. The maximum absolute atomic E-state index is 12.2. The van der Waals surface area contributed by atoms with Gasteiger partial charge in [0.2, 0.25) is 5.91 Å². The molecule has 0 radical (unpaired) electrons. The molecule has 1 aliphatic rings. The summed E-state index contributed by atoms with van der Waals surface area (Å²) in [5, 5.41) is 2.97. The minimum absolute atomic E-state index is 0.00822. The first-order valence-electron chi connectivity index (χ1n) is 6.29. The molecule has 0 fully saturated rings. The summed E-state index contributed by atoms with van der Waals surface area (Å²) < 4.78 is 3.08. The maximum Gasteiger partial charge on any atom is 0.228 e. The molecule has 1 unspecified atom stereocenters. The number of aromatic nitrogens is 2. The van der Waals surface area contributed by atoms with Crippen LogP contribution >= 0.6 is 15.9 Å². The Morgan fingerprint density at radius 3 is 3.21 bits per heavy atom. The molecule has 2 aromatic rings. The smallest absolute Gasteiger partial charge is 0.228 e. The normalized spacial score (nSPS) is 17.8. The molecular formula is C14H14BrN3O. The molecule has 0 aliphatic carbocycles. The number of halogens is 1. The van der Waals surface area contributed by atoms with Gasteiger partial charge in [0.15, 0.2) is 0 Å². The fourth-order valence-corrected chi connectivity index (χ4v) is 2.78. The molecule has 1 aliphatic heterocycles. The lowest BCUT2D eigenvalue weighted by Crippen LogP contribution is -2.30. The molecule has 0 saturated carbocycles. The van der Waals surface area contributed by atoms with Crippen molar-refractivity contribution in [1.29, 1.82) is 0 Å². The molecule has 2 heterocycles. The Balaban J connectivity index is 1.69. The highest BCUT2D eigenvalue weighted by molar-refractivity contribution is 9.10. The van der Waals surface area contributed by atoms with Gasteiger partial charge in [0.05, 0.1) is 0 Å². The highest BCUT2D eigenvalue weighted by Crippen LogP contribution is 2.22. The Hall–Kier alpha value is -1.62. The summed E-state index contributed by atoms with van der Waals surface area (Å²) in [5.74, 6) is 1.09. The van der Waals surface area contributed by atoms with Crippen molar-refractivity contribution in [3.05, 3.63) is 47.0 Å². The summed E-state index contributed by atoms with van der Waals surface area (Å²) in [6.45, 7) is 0.867. The second-order valence-corrected chi connectivity index (χ2v) is 5.64. The number of anilines is 1. The van der Waals surface area contributed by atoms with Crippen molar-refractivity contribution in [3.63, 3.8) is 0 Å². The molecule has 1 aromatic heterocycles. The van der Waals surface area contributed by atoms with Gasteiger partial charge in [-0.15, -0.1) is 0 Å². The number of imidazole rings is 1. The van der Waals surface area contributed by atoms with Gasteiger partial charge in [0.25, 0.3) is 0 Å². The SMILES string of the molecule is O=C(Nc1cccc(Br)c1)C1CCn2ccnc2C1. The summed E-state index contributed by atoms with van der Waals surface area (Å²) in [6.07, 6.45) is 5.34. The average molecular weight is 320 g/mol. The van der Waals surface area contributed by atoms with E-state index in [-0.39, 0.29) is 11.8 Å². The van der Waals surface area contributed by atoms with Crippen molar-refractivity contribution in [2.45, 2.75) is 19.4 Å². The van der Waals surface area contributed by atoms with Gasteiger partial charge in [-0.2, -0.15) is 0 Å². The van der Waals surface area contributed by atoms with Gasteiger partial charge >= 0.3 is 0 Å². The molecule has 98 valence electrons. The van der Waals surface area contributed by atoms with Gasteiger partial charge in [0, 0.05) is 41.4 Å².